The number of carbonyl (C=O) groups excluding carboxylic acids is 2. The zero-order valence-electron chi connectivity index (χ0n) is 15.2. The van der Waals surface area contributed by atoms with E-state index in [2.05, 4.69) is 10.6 Å². The summed E-state index contributed by atoms with van der Waals surface area (Å²) in [6, 6.07) is 24.4. The fraction of sp³-hybridized carbons (Fsp3) is 0.130. The molecule has 27 heavy (non-hydrogen) atoms. The lowest BCUT2D eigenvalue weighted by atomic mass is 10.1. The van der Waals surface area contributed by atoms with Gasteiger partial charge >= 0.3 is 0 Å². The van der Waals surface area contributed by atoms with Crippen molar-refractivity contribution in [3.63, 3.8) is 0 Å². The molecule has 4 nitrogen and oxygen atoms in total. The molecule has 2 N–H and O–H groups in total. The Hall–Kier alpha value is -3.40. The highest BCUT2D eigenvalue weighted by Crippen LogP contribution is 2.09. The topological polar surface area (TPSA) is 58.2 Å². The van der Waals surface area contributed by atoms with Crippen LogP contribution in [0.2, 0.25) is 0 Å². The van der Waals surface area contributed by atoms with Crippen molar-refractivity contribution in [2.75, 3.05) is 0 Å². The number of rotatable bonds is 6. The van der Waals surface area contributed by atoms with E-state index in [1.165, 1.54) is 0 Å². The van der Waals surface area contributed by atoms with Crippen LogP contribution in [0.4, 0.5) is 0 Å². The molecule has 0 saturated carbocycles. The van der Waals surface area contributed by atoms with Crippen molar-refractivity contribution in [2.24, 2.45) is 0 Å². The van der Waals surface area contributed by atoms with Crippen molar-refractivity contribution in [1.29, 1.82) is 0 Å². The van der Waals surface area contributed by atoms with Gasteiger partial charge in [0, 0.05) is 24.2 Å². The Morgan fingerprint density at radius 2 is 1.19 bits per heavy atom. The highest BCUT2D eigenvalue weighted by Gasteiger charge is 2.09. The number of hydrogen-bond acceptors (Lipinski definition) is 2. The van der Waals surface area contributed by atoms with Gasteiger partial charge in [-0.15, -0.1) is 0 Å². The molecule has 3 aromatic carbocycles. The summed E-state index contributed by atoms with van der Waals surface area (Å²) in [5.74, 6) is -0.319. The van der Waals surface area contributed by atoms with Crippen LogP contribution >= 0.6 is 0 Å². The van der Waals surface area contributed by atoms with E-state index in [0.717, 1.165) is 16.7 Å². The van der Waals surface area contributed by atoms with Crippen LogP contribution in [0.1, 0.15) is 37.4 Å². The van der Waals surface area contributed by atoms with Gasteiger partial charge in [-0.25, -0.2) is 0 Å². The molecule has 0 radical (unpaired) electrons. The van der Waals surface area contributed by atoms with Gasteiger partial charge in [0.1, 0.15) is 0 Å². The van der Waals surface area contributed by atoms with Gasteiger partial charge < -0.3 is 10.6 Å². The minimum atomic E-state index is -0.161. The average Bonchev–Trinajstić information content (AvgIpc) is 2.72. The lowest BCUT2D eigenvalue weighted by Crippen LogP contribution is -2.24. The molecule has 0 aliphatic rings. The standard InChI is InChI=1S/C23H22N2O2/c1-17-7-5-6-10-21(17)16-25-23(27)20-13-11-19(12-14-20)22(26)24-15-18-8-3-2-4-9-18/h2-14H,15-16H2,1H3,(H,24,26)(H,25,27). The second-order valence-electron chi connectivity index (χ2n) is 6.35. The molecule has 0 spiro atoms. The molecule has 4 heteroatoms. The van der Waals surface area contributed by atoms with Crippen molar-refractivity contribution < 1.29 is 9.59 Å². The SMILES string of the molecule is Cc1ccccc1CNC(=O)c1ccc(C(=O)NCc2ccccc2)cc1. The summed E-state index contributed by atoms with van der Waals surface area (Å²) in [6.45, 7) is 2.97. The maximum Gasteiger partial charge on any atom is 0.251 e. The largest absolute Gasteiger partial charge is 0.348 e. The summed E-state index contributed by atoms with van der Waals surface area (Å²) < 4.78 is 0. The van der Waals surface area contributed by atoms with E-state index in [1.54, 1.807) is 24.3 Å². The van der Waals surface area contributed by atoms with Crippen LogP contribution in [0.25, 0.3) is 0 Å². The van der Waals surface area contributed by atoms with Crippen molar-refractivity contribution in [2.45, 2.75) is 20.0 Å². The van der Waals surface area contributed by atoms with Crippen molar-refractivity contribution in [3.8, 4) is 0 Å². The Morgan fingerprint density at radius 3 is 1.78 bits per heavy atom. The predicted octanol–water partition coefficient (Wildman–Crippen LogP) is 3.86. The second-order valence-corrected chi connectivity index (χ2v) is 6.35. The van der Waals surface area contributed by atoms with E-state index in [0.29, 0.717) is 24.2 Å². The van der Waals surface area contributed by atoms with Crippen LogP contribution in [-0.2, 0) is 13.1 Å². The molecule has 0 heterocycles. The highest BCUT2D eigenvalue weighted by atomic mass is 16.2. The molecule has 3 aromatic rings. The third-order valence-corrected chi connectivity index (χ3v) is 4.41. The maximum absolute atomic E-state index is 12.3. The van der Waals surface area contributed by atoms with Gasteiger partial charge in [0.25, 0.3) is 11.8 Å². The fourth-order valence-corrected chi connectivity index (χ4v) is 2.74. The maximum atomic E-state index is 12.3. The molecule has 0 aliphatic carbocycles. The van der Waals surface area contributed by atoms with E-state index in [1.807, 2.05) is 61.5 Å². The van der Waals surface area contributed by atoms with Crippen LogP contribution in [0.3, 0.4) is 0 Å². The number of carbonyl (C=O) groups is 2. The van der Waals surface area contributed by atoms with Crippen LogP contribution in [0.15, 0.2) is 78.9 Å². The first-order chi connectivity index (χ1) is 13.1. The molecule has 0 fully saturated rings. The Morgan fingerprint density at radius 1 is 0.667 bits per heavy atom. The normalized spacial score (nSPS) is 10.3. The molecule has 0 atom stereocenters. The highest BCUT2D eigenvalue weighted by molar-refractivity contribution is 5.97. The summed E-state index contributed by atoms with van der Waals surface area (Å²) in [6.07, 6.45) is 0. The number of amides is 2. The summed E-state index contributed by atoms with van der Waals surface area (Å²) >= 11 is 0. The van der Waals surface area contributed by atoms with E-state index >= 15 is 0 Å². The molecule has 0 aliphatic heterocycles. The smallest absolute Gasteiger partial charge is 0.251 e. The zero-order valence-corrected chi connectivity index (χ0v) is 15.2. The van der Waals surface area contributed by atoms with E-state index in [4.69, 9.17) is 0 Å². The molecular formula is C23H22N2O2. The van der Waals surface area contributed by atoms with E-state index in [9.17, 15) is 9.59 Å². The minimum absolute atomic E-state index is 0.158. The quantitative estimate of drug-likeness (QED) is 0.703. The lowest BCUT2D eigenvalue weighted by molar-refractivity contribution is 0.0939. The van der Waals surface area contributed by atoms with Gasteiger partial charge in [-0.05, 0) is 47.9 Å². The lowest BCUT2D eigenvalue weighted by Gasteiger charge is -2.09. The van der Waals surface area contributed by atoms with Gasteiger partial charge in [-0.3, -0.25) is 9.59 Å². The number of aryl methyl sites for hydroxylation is 1. The second kappa shape index (κ2) is 8.81. The first-order valence-electron chi connectivity index (χ1n) is 8.88. The Labute approximate surface area is 159 Å². The van der Waals surface area contributed by atoms with Gasteiger partial charge in [-0.1, -0.05) is 54.6 Å². The minimum Gasteiger partial charge on any atom is -0.348 e. The molecule has 2 amide bonds. The summed E-state index contributed by atoms with van der Waals surface area (Å²) in [4.78, 5) is 24.5. The van der Waals surface area contributed by atoms with Crippen molar-refractivity contribution in [3.05, 3.63) is 107 Å². The Balaban J connectivity index is 1.55. The number of nitrogens with one attached hydrogen (secondary N) is 2. The molecule has 0 bridgehead atoms. The summed E-state index contributed by atoms with van der Waals surface area (Å²) in [5.41, 5.74) is 4.33. The Kier molecular flexibility index (Phi) is 6.00. The van der Waals surface area contributed by atoms with Gasteiger partial charge in [-0.2, -0.15) is 0 Å². The van der Waals surface area contributed by atoms with Crippen LogP contribution in [0, 0.1) is 6.92 Å². The van der Waals surface area contributed by atoms with Gasteiger partial charge in [0.05, 0.1) is 0 Å². The van der Waals surface area contributed by atoms with Crippen LogP contribution < -0.4 is 10.6 Å². The molecule has 3 rings (SSSR count). The van der Waals surface area contributed by atoms with Gasteiger partial charge in [0.15, 0.2) is 0 Å². The van der Waals surface area contributed by atoms with Crippen molar-refractivity contribution in [1.82, 2.24) is 10.6 Å². The van der Waals surface area contributed by atoms with Crippen LogP contribution in [0.5, 0.6) is 0 Å². The Bertz CT molecular complexity index is 919. The first kappa shape index (κ1) is 18.4. The first-order valence-corrected chi connectivity index (χ1v) is 8.88. The zero-order chi connectivity index (χ0) is 19.1. The molecule has 0 aromatic heterocycles. The van der Waals surface area contributed by atoms with Gasteiger partial charge in [0.2, 0.25) is 0 Å². The van der Waals surface area contributed by atoms with E-state index in [-0.39, 0.29) is 11.8 Å². The van der Waals surface area contributed by atoms with Crippen molar-refractivity contribution >= 4 is 11.8 Å². The molecule has 136 valence electrons. The monoisotopic (exact) mass is 358 g/mol. The van der Waals surface area contributed by atoms with E-state index < -0.39 is 0 Å². The molecular weight excluding hydrogens is 336 g/mol. The van der Waals surface area contributed by atoms with Crippen LogP contribution in [-0.4, -0.2) is 11.8 Å². The third-order valence-electron chi connectivity index (χ3n) is 4.41. The molecule has 0 saturated heterocycles. The number of benzene rings is 3. The fourth-order valence-electron chi connectivity index (χ4n) is 2.74. The predicted molar refractivity (Wildman–Crippen MR) is 106 cm³/mol. The number of hydrogen-bond donors (Lipinski definition) is 2. The average molecular weight is 358 g/mol. The third kappa shape index (κ3) is 5.05. The summed E-state index contributed by atoms with van der Waals surface area (Å²) in [7, 11) is 0. The summed E-state index contributed by atoms with van der Waals surface area (Å²) in [5, 5.41) is 5.79. The molecule has 0 unspecified atom stereocenters.